The summed E-state index contributed by atoms with van der Waals surface area (Å²) in [4.78, 5) is 40.6. The summed E-state index contributed by atoms with van der Waals surface area (Å²) >= 11 is 0. The van der Waals surface area contributed by atoms with E-state index >= 15 is 0 Å². The van der Waals surface area contributed by atoms with Crippen molar-refractivity contribution in [2.75, 3.05) is 19.0 Å². The van der Waals surface area contributed by atoms with Gasteiger partial charge >= 0.3 is 0 Å². The van der Waals surface area contributed by atoms with E-state index in [0.29, 0.717) is 28.4 Å². The van der Waals surface area contributed by atoms with Gasteiger partial charge in [-0.05, 0) is 44.2 Å². The fourth-order valence-electron chi connectivity index (χ4n) is 2.67. The van der Waals surface area contributed by atoms with Crippen LogP contribution in [0.3, 0.4) is 0 Å². The van der Waals surface area contributed by atoms with Gasteiger partial charge in [-0.25, -0.2) is 4.98 Å². The number of carbonyl (C=O) groups is 2. The van der Waals surface area contributed by atoms with E-state index < -0.39 is 5.91 Å². The van der Waals surface area contributed by atoms with Crippen LogP contribution in [0.15, 0.2) is 47.4 Å². The van der Waals surface area contributed by atoms with Crippen LogP contribution >= 0.6 is 0 Å². The molecule has 0 radical (unpaired) electrons. The SMILES string of the molecule is COc1cc(C(C)=O)ccc1OCC(=O)Nc1c(C)nc2ccccn2c1=O. The van der Waals surface area contributed by atoms with Gasteiger partial charge in [-0.2, -0.15) is 0 Å². The zero-order chi connectivity index (χ0) is 20.3. The van der Waals surface area contributed by atoms with Gasteiger partial charge in [-0.15, -0.1) is 0 Å². The van der Waals surface area contributed by atoms with E-state index in [-0.39, 0.29) is 23.6 Å². The summed E-state index contributed by atoms with van der Waals surface area (Å²) in [5, 5.41) is 2.55. The van der Waals surface area contributed by atoms with Crippen molar-refractivity contribution in [1.82, 2.24) is 9.38 Å². The largest absolute Gasteiger partial charge is 0.493 e. The van der Waals surface area contributed by atoms with Crippen molar-refractivity contribution < 1.29 is 19.1 Å². The highest BCUT2D eigenvalue weighted by Gasteiger charge is 2.14. The Bertz CT molecular complexity index is 1120. The van der Waals surface area contributed by atoms with E-state index in [1.54, 1.807) is 49.5 Å². The number of anilines is 1. The Labute approximate surface area is 160 Å². The summed E-state index contributed by atoms with van der Waals surface area (Å²) in [5.74, 6) is 0.0229. The maximum atomic E-state index is 12.6. The second-order valence-corrected chi connectivity index (χ2v) is 6.06. The first-order chi connectivity index (χ1) is 13.4. The molecule has 144 valence electrons. The lowest BCUT2D eigenvalue weighted by Gasteiger charge is -2.12. The lowest BCUT2D eigenvalue weighted by molar-refractivity contribution is -0.118. The van der Waals surface area contributed by atoms with Crippen molar-refractivity contribution in [2.45, 2.75) is 13.8 Å². The lowest BCUT2D eigenvalue weighted by atomic mass is 10.1. The number of fused-ring (bicyclic) bond motifs is 1. The summed E-state index contributed by atoms with van der Waals surface area (Å²) in [7, 11) is 1.44. The summed E-state index contributed by atoms with van der Waals surface area (Å²) < 4.78 is 12.0. The first-order valence-corrected chi connectivity index (χ1v) is 8.50. The number of ether oxygens (including phenoxy) is 2. The molecule has 2 aromatic heterocycles. The normalized spacial score (nSPS) is 10.5. The monoisotopic (exact) mass is 381 g/mol. The number of aryl methyl sites for hydroxylation is 1. The number of nitrogens with one attached hydrogen (secondary N) is 1. The Hall–Kier alpha value is -3.68. The number of carbonyl (C=O) groups excluding carboxylic acids is 2. The van der Waals surface area contributed by atoms with Gasteiger partial charge < -0.3 is 14.8 Å². The van der Waals surface area contributed by atoms with Crippen molar-refractivity contribution in [3.05, 3.63) is 64.2 Å². The summed E-state index contributed by atoms with van der Waals surface area (Å²) in [6, 6.07) is 9.87. The van der Waals surface area contributed by atoms with E-state index in [9.17, 15) is 14.4 Å². The molecule has 8 nitrogen and oxygen atoms in total. The molecule has 0 aliphatic heterocycles. The highest BCUT2D eigenvalue weighted by atomic mass is 16.5. The fourth-order valence-corrected chi connectivity index (χ4v) is 2.67. The van der Waals surface area contributed by atoms with Crippen LogP contribution in [0.4, 0.5) is 5.69 Å². The van der Waals surface area contributed by atoms with Gasteiger partial charge in [0.25, 0.3) is 11.5 Å². The number of nitrogens with zero attached hydrogens (tertiary/aromatic N) is 2. The third kappa shape index (κ3) is 3.85. The molecule has 8 heteroatoms. The molecule has 0 unspecified atom stereocenters. The molecule has 0 spiro atoms. The quantitative estimate of drug-likeness (QED) is 0.658. The van der Waals surface area contributed by atoms with Gasteiger partial charge in [-0.3, -0.25) is 18.8 Å². The van der Waals surface area contributed by atoms with Crippen LogP contribution in [0.1, 0.15) is 23.0 Å². The van der Waals surface area contributed by atoms with Crippen LogP contribution < -0.4 is 20.3 Å². The summed E-state index contributed by atoms with van der Waals surface area (Å²) in [6.45, 7) is 2.75. The van der Waals surface area contributed by atoms with Crippen LogP contribution in [-0.4, -0.2) is 34.8 Å². The number of amides is 1. The molecule has 1 amide bonds. The smallest absolute Gasteiger partial charge is 0.281 e. The van der Waals surface area contributed by atoms with Gasteiger partial charge in [-0.1, -0.05) is 6.07 Å². The van der Waals surface area contributed by atoms with Gasteiger partial charge in [0.15, 0.2) is 23.9 Å². The molecular formula is C20H19N3O5. The fraction of sp³-hybridized carbons (Fsp3) is 0.200. The molecule has 1 N–H and O–H groups in total. The molecule has 0 saturated carbocycles. The molecule has 0 saturated heterocycles. The second kappa shape index (κ2) is 7.91. The Morgan fingerprint density at radius 2 is 1.96 bits per heavy atom. The highest BCUT2D eigenvalue weighted by Crippen LogP contribution is 2.28. The molecular weight excluding hydrogens is 362 g/mol. The maximum absolute atomic E-state index is 12.6. The van der Waals surface area contributed by atoms with Crippen molar-refractivity contribution in [3.63, 3.8) is 0 Å². The number of Topliss-reactive ketones (excluding diaryl/α,β-unsaturated/α-hetero) is 1. The van der Waals surface area contributed by atoms with E-state index in [4.69, 9.17) is 9.47 Å². The van der Waals surface area contributed by atoms with Crippen molar-refractivity contribution in [1.29, 1.82) is 0 Å². The molecule has 0 atom stereocenters. The van der Waals surface area contributed by atoms with E-state index in [0.717, 1.165) is 0 Å². The van der Waals surface area contributed by atoms with Crippen molar-refractivity contribution in [2.24, 2.45) is 0 Å². The Balaban J connectivity index is 1.76. The number of pyridine rings is 1. The lowest BCUT2D eigenvalue weighted by Crippen LogP contribution is -2.28. The molecule has 0 fully saturated rings. The highest BCUT2D eigenvalue weighted by molar-refractivity contribution is 5.95. The average molecular weight is 381 g/mol. The standard InChI is InChI=1S/C20H19N3O5/c1-12-19(20(26)23-9-5-4-6-17(23)21-12)22-18(25)11-28-15-8-7-14(13(2)24)10-16(15)27-3/h4-10H,11H2,1-3H3,(H,22,25). The summed E-state index contributed by atoms with van der Waals surface area (Å²) in [5.41, 5.74) is 1.10. The molecule has 0 aliphatic rings. The number of hydrogen-bond acceptors (Lipinski definition) is 6. The number of aromatic nitrogens is 2. The predicted molar refractivity (Wildman–Crippen MR) is 103 cm³/mol. The third-order valence-corrected chi connectivity index (χ3v) is 4.11. The van der Waals surface area contributed by atoms with Crippen LogP contribution in [0.2, 0.25) is 0 Å². The average Bonchev–Trinajstić information content (AvgIpc) is 2.69. The number of ketones is 1. The number of hydrogen-bond donors (Lipinski definition) is 1. The first-order valence-electron chi connectivity index (χ1n) is 8.50. The minimum Gasteiger partial charge on any atom is -0.493 e. The molecule has 0 aliphatic carbocycles. The maximum Gasteiger partial charge on any atom is 0.281 e. The van der Waals surface area contributed by atoms with Crippen molar-refractivity contribution >= 4 is 23.0 Å². The molecule has 3 rings (SSSR count). The number of benzene rings is 1. The Morgan fingerprint density at radius 1 is 1.18 bits per heavy atom. The Kier molecular flexibility index (Phi) is 5.39. The minimum atomic E-state index is -0.518. The van der Waals surface area contributed by atoms with Gasteiger partial charge in [0.05, 0.1) is 12.8 Å². The van der Waals surface area contributed by atoms with Gasteiger partial charge in [0.1, 0.15) is 11.3 Å². The first kappa shape index (κ1) is 19.1. The van der Waals surface area contributed by atoms with Crippen LogP contribution in [0, 0.1) is 6.92 Å². The Morgan fingerprint density at radius 3 is 2.68 bits per heavy atom. The van der Waals surface area contributed by atoms with Crippen LogP contribution in [0.5, 0.6) is 11.5 Å². The molecule has 3 aromatic rings. The topological polar surface area (TPSA) is 99.0 Å². The third-order valence-electron chi connectivity index (χ3n) is 4.11. The van der Waals surface area contributed by atoms with E-state index in [2.05, 4.69) is 10.3 Å². The minimum absolute atomic E-state index is 0.0937. The van der Waals surface area contributed by atoms with E-state index in [1.165, 1.54) is 18.4 Å². The predicted octanol–water partition coefficient (Wildman–Crippen LogP) is 2.23. The second-order valence-electron chi connectivity index (χ2n) is 6.06. The van der Waals surface area contributed by atoms with Gasteiger partial charge in [0.2, 0.25) is 0 Å². The zero-order valence-electron chi connectivity index (χ0n) is 15.7. The molecule has 2 heterocycles. The number of rotatable bonds is 6. The molecule has 1 aromatic carbocycles. The molecule has 0 bridgehead atoms. The van der Waals surface area contributed by atoms with Crippen LogP contribution in [0.25, 0.3) is 5.65 Å². The zero-order valence-corrected chi connectivity index (χ0v) is 15.7. The van der Waals surface area contributed by atoms with Crippen LogP contribution in [-0.2, 0) is 4.79 Å². The summed E-state index contributed by atoms with van der Waals surface area (Å²) in [6.07, 6.45) is 1.58. The molecule has 28 heavy (non-hydrogen) atoms. The van der Waals surface area contributed by atoms with E-state index in [1.807, 2.05) is 0 Å². The van der Waals surface area contributed by atoms with Crippen molar-refractivity contribution in [3.8, 4) is 11.5 Å². The van der Waals surface area contributed by atoms with Gasteiger partial charge in [0, 0.05) is 11.8 Å². The number of methoxy groups -OCH3 is 1.